The van der Waals surface area contributed by atoms with E-state index >= 15 is 8.78 Å². The molecule has 13 aromatic carbocycles. The van der Waals surface area contributed by atoms with Gasteiger partial charge in [0.2, 0.25) is 0 Å². The average Bonchev–Trinajstić information content (AvgIpc) is 1.00. The fourth-order valence-electron chi connectivity index (χ4n) is 13.4. The Bertz CT molecular complexity index is 4800. The molecule has 1 aromatic heterocycles. The molecule has 4 nitrogen and oxygen atoms in total. The molecule has 0 N–H and O–H groups in total. The van der Waals surface area contributed by atoms with Crippen LogP contribution < -0.4 is 26.2 Å². The van der Waals surface area contributed by atoms with E-state index in [-0.39, 0.29) is 17.8 Å². The third-order valence-corrected chi connectivity index (χ3v) is 17.3. The fourth-order valence-corrected chi connectivity index (χ4v) is 13.4. The first-order valence-corrected chi connectivity index (χ1v) is 28.9. The van der Waals surface area contributed by atoms with Crippen LogP contribution in [0.25, 0.3) is 94.3 Å². The number of fused-ring (bicyclic) bond motifs is 7. The van der Waals surface area contributed by atoms with E-state index in [4.69, 9.17) is 0 Å². The molecule has 0 radical (unpaired) electrons. The van der Waals surface area contributed by atoms with Gasteiger partial charge in [0, 0.05) is 50.5 Å². The first-order valence-electron chi connectivity index (χ1n) is 28.9. The number of aromatic nitrogens is 1. The maximum Gasteiger partial charge on any atom is 0.252 e. The summed E-state index contributed by atoms with van der Waals surface area (Å²) >= 11 is 0. The van der Waals surface area contributed by atoms with Crippen LogP contribution in [0.2, 0.25) is 0 Å². The standard InChI is InChI=1S/C79H49BF2N4/c81-69-25-15-26-70(82)78(69)66-44-51(50-83)28-40-73(66)86-71-27-14-13-24-64(71)65-45-58(33-41-72(65)86)61-48-76-79-77(49-61)85(63-38-31-57(32-39-63)53-18-7-2-8-19-53)75-43-35-60(55-22-11-4-12-23-55)47-68(75)80(79)67-46-59(54-20-9-3-10-21-54)34-42-74(67)84(76)62-36-29-56(30-37-62)52-16-5-1-6-17-52/h1-49H. The highest BCUT2D eigenvalue weighted by molar-refractivity contribution is 7.00. The summed E-state index contributed by atoms with van der Waals surface area (Å²) < 4.78 is 33.9. The summed E-state index contributed by atoms with van der Waals surface area (Å²) in [6.07, 6.45) is 0. The highest BCUT2D eigenvalue weighted by Crippen LogP contribution is 2.49. The number of para-hydroxylation sites is 1. The number of benzene rings is 13. The lowest BCUT2D eigenvalue weighted by Crippen LogP contribution is -2.61. The van der Waals surface area contributed by atoms with E-state index in [9.17, 15) is 5.26 Å². The average molecular weight is 1100 g/mol. The van der Waals surface area contributed by atoms with Crippen LogP contribution in [0.15, 0.2) is 297 Å². The molecule has 0 saturated carbocycles. The van der Waals surface area contributed by atoms with E-state index in [1.54, 1.807) is 18.2 Å². The Hall–Kier alpha value is -11.3. The molecule has 0 unspecified atom stereocenters. The van der Waals surface area contributed by atoms with Gasteiger partial charge in [0.05, 0.1) is 33.9 Å². The molecule has 402 valence electrons. The van der Waals surface area contributed by atoms with Crippen molar-refractivity contribution in [2.45, 2.75) is 0 Å². The number of nitriles is 1. The Morgan fingerprint density at radius 1 is 0.314 bits per heavy atom. The normalized spacial score (nSPS) is 12.2. The van der Waals surface area contributed by atoms with Crippen molar-refractivity contribution in [1.29, 1.82) is 5.26 Å². The summed E-state index contributed by atoms with van der Waals surface area (Å²) in [4.78, 5) is 4.94. The molecule has 0 aliphatic carbocycles. The summed E-state index contributed by atoms with van der Waals surface area (Å²) in [5.41, 5.74) is 23.8. The predicted molar refractivity (Wildman–Crippen MR) is 352 cm³/mol. The molecule has 14 aromatic rings. The summed E-state index contributed by atoms with van der Waals surface area (Å²) in [5.74, 6) is -1.41. The zero-order chi connectivity index (χ0) is 57.4. The van der Waals surface area contributed by atoms with Crippen molar-refractivity contribution in [3.63, 3.8) is 0 Å². The molecule has 7 heteroatoms. The minimum Gasteiger partial charge on any atom is -0.311 e. The van der Waals surface area contributed by atoms with Gasteiger partial charge >= 0.3 is 0 Å². The van der Waals surface area contributed by atoms with Gasteiger partial charge in [-0.3, -0.25) is 0 Å². The third-order valence-electron chi connectivity index (χ3n) is 17.3. The number of nitrogens with zero attached hydrogens (tertiary/aromatic N) is 4. The Labute approximate surface area is 497 Å². The molecule has 16 rings (SSSR count). The summed E-state index contributed by atoms with van der Waals surface area (Å²) in [6.45, 7) is -0.188. The lowest BCUT2D eigenvalue weighted by atomic mass is 9.33. The summed E-state index contributed by atoms with van der Waals surface area (Å²) in [6, 6.07) is 105. The molecule has 86 heavy (non-hydrogen) atoms. The number of rotatable bonds is 9. The summed E-state index contributed by atoms with van der Waals surface area (Å²) in [7, 11) is 0. The van der Waals surface area contributed by atoms with E-state index < -0.39 is 11.6 Å². The van der Waals surface area contributed by atoms with Crippen LogP contribution >= 0.6 is 0 Å². The quantitative estimate of drug-likeness (QED) is 0.135. The highest BCUT2D eigenvalue weighted by Gasteiger charge is 2.44. The van der Waals surface area contributed by atoms with Crippen molar-refractivity contribution in [3.8, 4) is 78.5 Å². The van der Waals surface area contributed by atoms with E-state index in [0.717, 1.165) is 112 Å². The number of hydrogen-bond donors (Lipinski definition) is 0. The van der Waals surface area contributed by atoms with Crippen LogP contribution in [0.4, 0.5) is 42.9 Å². The van der Waals surface area contributed by atoms with Crippen molar-refractivity contribution in [1.82, 2.24) is 4.57 Å². The number of halogens is 2. The minimum atomic E-state index is -0.705. The van der Waals surface area contributed by atoms with Gasteiger partial charge in [-0.2, -0.15) is 5.26 Å². The van der Waals surface area contributed by atoms with Crippen LogP contribution in [0.1, 0.15) is 5.56 Å². The zero-order valence-electron chi connectivity index (χ0n) is 46.4. The zero-order valence-corrected chi connectivity index (χ0v) is 46.4. The second-order valence-electron chi connectivity index (χ2n) is 22.2. The first-order chi connectivity index (χ1) is 42.4. The van der Waals surface area contributed by atoms with Crippen LogP contribution in [-0.4, -0.2) is 11.3 Å². The topological polar surface area (TPSA) is 35.2 Å². The smallest absolute Gasteiger partial charge is 0.252 e. The third kappa shape index (κ3) is 8.33. The lowest BCUT2D eigenvalue weighted by Gasteiger charge is -2.44. The number of anilines is 6. The molecule has 3 heterocycles. The molecule has 0 saturated heterocycles. The van der Waals surface area contributed by atoms with Crippen LogP contribution in [0.5, 0.6) is 0 Å². The van der Waals surface area contributed by atoms with Crippen molar-refractivity contribution >= 4 is 79.0 Å². The van der Waals surface area contributed by atoms with Crippen molar-refractivity contribution in [3.05, 3.63) is 314 Å². The second kappa shape index (κ2) is 20.5. The van der Waals surface area contributed by atoms with Gasteiger partial charge < -0.3 is 14.4 Å². The van der Waals surface area contributed by atoms with Gasteiger partial charge in [0.25, 0.3) is 6.71 Å². The van der Waals surface area contributed by atoms with E-state index in [2.05, 4.69) is 263 Å². The predicted octanol–water partition coefficient (Wildman–Crippen LogP) is 19.0. The SMILES string of the molecule is N#Cc1ccc(-n2c3ccccc3c3cc(-c4cc5c6c(c4)N(c4ccc(-c7ccccc7)cc4)c4ccc(-c7ccccc7)cc4B6c4cc(-c6ccccc6)ccc4N5c4ccc(-c5ccccc5)cc4)ccc32)c(-c2c(F)cccc2F)c1. The maximum atomic E-state index is 15.9. The molecule has 0 atom stereocenters. The lowest BCUT2D eigenvalue weighted by molar-refractivity contribution is 0.589. The Morgan fingerprint density at radius 3 is 1.24 bits per heavy atom. The Balaban J connectivity index is 0.971. The van der Waals surface area contributed by atoms with Gasteiger partial charge in [0.1, 0.15) is 11.6 Å². The van der Waals surface area contributed by atoms with Gasteiger partial charge in [-0.05, 0) is 169 Å². The Morgan fingerprint density at radius 2 is 0.733 bits per heavy atom. The molecule has 2 aliphatic heterocycles. The van der Waals surface area contributed by atoms with Crippen LogP contribution in [0.3, 0.4) is 0 Å². The molecule has 0 spiro atoms. The van der Waals surface area contributed by atoms with Gasteiger partial charge in [-0.1, -0.05) is 200 Å². The minimum absolute atomic E-state index is 0.183. The van der Waals surface area contributed by atoms with Crippen molar-refractivity contribution in [2.75, 3.05) is 9.80 Å². The van der Waals surface area contributed by atoms with Gasteiger partial charge in [-0.15, -0.1) is 0 Å². The van der Waals surface area contributed by atoms with Gasteiger partial charge in [-0.25, -0.2) is 8.78 Å². The highest BCUT2D eigenvalue weighted by atomic mass is 19.1. The largest absolute Gasteiger partial charge is 0.311 e. The van der Waals surface area contributed by atoms with Crippen molar-refractivity contribution < 1.29 is 8.78 Å². The van der Waals surface area contributed by atoms with Gasteiger partial charge in [0.15, 0.2) is 0 Å². The monoisotopic (exact) mass is 1100 g/mol. The van der Waals surface area contributed by atoms with E-state index in [1.165, 1.54) is 34.6 Å². The first kappa shape index (κ1) is 50.4. The summed E-state index contributed by atoms with van der Waals surface area (Å²) in [5, 5.41) is 12.0. The van der Waals surface area contributed by atoms with Crippen molar-refractivity contribution in [2.24, 2.45) is 0 Å². The van der Waals surface area contributed by atoms with E-state index in [1.807, 2.05) is 18.2 Å². The van der Waals surface area contributed by atoms with E-state index in [0.29, 0.717) is 11.3 Å². The second-order valence-corrected chi connectivity index (χ2v) is 22.2. The molecule has 0 amide bonds. The van der Waals surface area contributed by atoms with Crippen LogP contribution in [0, 0.1) is 23.0 Å². The molecule has 0 bridgehead atoms. The Kier molecular flexibility index (Phi) is 12.0. The van der Waals surface area contributed by atoms with Crippen LogP contribution in [-0.2, 0) is 0 Å². The molecular formula is C79H49BF2N4. The molecular weight excluding hydrogens is 1050 g/mol. The molecule has 2 aliphatic rings. The molecule has 0 fully saturated rings. The number of hydrogen-bond acceptors (Lipinski definition) is 3. The maximum absolute atomic E-state index is 15.9. The fraction of sp³-hybridized carbons (Fsp3) is 0.